The van der Waals surface area contributed by atoms with Gasteiger partial charge in [-0.25, -0.2) is 4.98 Å². The van der Waals surface area contributed by atoms with E-state index < -0.39 is 5.91 Å². The minimum atomic E-state index is -0.489. The van der Waals surface area contributed by atoms with Gasteiger partial charge >= 0.3 is 0 Å². The molecule has 0 radical (unpaired) electrons. The number of fused-ring (bicyclic) bond motifs is 1. The van der Waals surface area contributed by atoms with Crippen molar-refractivity contribution in [1.82, 2.24) is 9.88 Å². The molecule has 3 heterocycles. The van der Waals surface area contributed by atoms with Gasteiger partial charge in [-0.1, -0.05) is 0 Å². The molecule has 1 aliphatic heterocycles. The van der Waals surface area contributed by atoms with Crippen LogP contribution >= 0.6 is 11.3 Å². The Morgan fingerprint density at radius 1 is 1.43 bits per heavy atom. The van der Waals surface area contributed by atoms with Crippen LogP contribution in [-0.2, 0) is 4.74 Å². The van der Waals surface area contributed by atoms with Crippen molar-refractivity contribution in [3.8, 4) is 0 Å². The Morgan fingerprint density at radius 3 is 3.00 bits per heavy atom. The predicted octanol–water partition coefficient (Wildman–Crippen LogP) is 2.55. The van der Waals surface area contributed by atoms with Crippen LogP contribution in [0.15, 0.2) is 12.3 Å². The topological polar surface area (TPSA) is 97.7 Å². The number of hydrogen-bond acceptors (Lipinski definition) is 7. The van der Waals surface area contributed by atoms with Crippen molar-refractivity contribution in [3.63, 3.8) is 0 Å². The third-order valence-electron chi connectivity index (χ3n) is 5.27. The fourth-order valence-corrected chi connectivity index (χ4v) is 4.75. The van der Waals surface area contributed by atoms with E-state index in [-0.39, 0.29) is 0 Å². The lowest BCUT2D eigenvalue weighted by Crippen LogP contribution is -2.35. The van der Waals surface area contributed by atoms with Gasteiger partial charge in [0.15, 0.2) is 0 Å². The zero-order valence-corrected chi connectivity index (χ0v) is 17.6. The summed E-state index contributed by atoms with van der Waals surface area (Å²) < 4.78 is 5.72. The number of nitrogens with zero attached hydrogens (tertiary/aromatic N) is 3. The minimum absolute atomic E-state index is 0.401. The Hall–Kier alpha value is -1.90. The molecule has 2 aromatic rings. The highest BCUT2D eigenvalue weighted by molar-refractivity contribution is 7.21. The smallest absolute Gasteiger partial charge is 0.260 e. The van der Waals surface area contributed by atoms with Crippen molar-refractivity contribution in [2.45, 2.75) is 25.7 Å². The molecule has 1 unspecified atom stereocenters. The number of amides is 1. The molecule has 28 heavy (non-hydrogen) atoms. The maximum absolute atomic E-state index is 11.7. The number of nitrogen functional groups attached to an aromatic ring is 1. The molecule has 0 spiro atoms. The number of carbonyl (C=O) groups is 1. The maximum Gasteiger partial charge on any atom is 0.260 e. The molecule has 7 nitrogen and oxygen atoms in total. The Balaban J connectivity index is 1.62. The van der Waals surface area contributed by atoms with E-state index in [1.807, 2.05) is 6.07 Å². The quantitative estimate of drug-likeness (QED) is 0.622. The largest absolute Gasteiger partial charge is 0.397 e. The number of anilines is 2. The fourth-order valence-electron chi connectivity index (χ4n) is 3.82. The number of aromatic nitrogens is 1. The second kappa shape index (κ2) is 9.54. The lowest BCUT2D eigenvalue weighted by molar-refractivity contribution is 0.100. The molecule has 1 saturated heterocycles. The second-order valence-corrected chi connectivity index (χ2v) is 8.73. The van der Waals surface area contributed by atoms with Gasteiger partial charge in [-0.2, -0.15) is 0 Å². The van der Waals surface area contributed by atoms with Crippen LogP contribution in [0.4, 0.5) is 11.4 Å². The third kappa shape index (κ3) is 4.92. The highest BCUT2D eigenvalue weighted by atomic mass is 32.1. The van der Waals surface area contributed by atoms with E-state index in [4.69, 9.17) is 16.2 Å². The minimum Gasteiger partial charge on any atom is -0.397 e. The SMILES string of the molecule is CN(C)CCOCCCC1CCCN(c2ccnc3sc(C(N)=O)c(N)c23)C1. The first-order chi connectivity index (χ1) is 13.5. The fraction of sp³-hybridized carbons (Fsp3) is 0.600. The molecule has 3 rings (SSSR count). The summed E-state index contributed by atoms with van der Waals surface area (Å²) in [7, 11) is 4.12. The lowest BCUT2D eigenvalue weighted by Gasteiger charge is -2.35. The zero-order valence-electron chi connectivity index (χ0n) is 16.8. The van der Waals surface area contributed by atoms with Gasteiger partial charge in [-0.3, -0.25) is 4.79 Å². The van der Waals surface area contributed by atoms with E-state index in [0.717, 1.165) is 61.6 Å². The molecular weight excluding hydrogens is 374 g/mol. The normalized spacial score (nSPS) is 17.5. The molecule has 1 amide bonds. The number of carbonyl (C=O) groups excluding carboxylic acids is 1. The van der Waals surface area contributed by atoms with Crippen LogP contribution in [0.1, 0.15) is 35.4 Å². The molecule has 154 valence electrons. The van der Waals surface area contributed by atoms with E-state index in [9.17, 15) is 4.79 Å². The van der Waals surface area contributed by atoms with Gasteiger partial charge in [0, 0.05) is 32.4 Å². The van der Waals surface area contributed by atoms with Crippen molar-refractivity contribution in [3.05, 3.63) is 17.1 Å². The molecule has 1 aliphatic rings. The van der Waals surface area contributed by atoms with Crippen molar-refractivity contribution < 1.29 is 9.53 Å². The molecule has 0 bridgehead atoms. The van der Waals surface area contributed by atoms with Crippen LogP contribution in [0, 0.1) is 5.92 Å². The summed E-state index contributed by atoms with van der Waals surface area (Å²) in [4.78, 5) is 21.8. The highest BCUT2D eigenvalue weighted by Gasteiger charge is 2.24. The van der Waals surface area contributed by atoms with Crippen LogP contribution in [0.3, 0.4) is 0 Å². The van der Waals surface area contributed by atoms with Crippen molar-refractivity contribution in [2.75, 3.05) is 57.6 Å². The average molecular weight is 406 g/mol. The van der Waals surface area contributed by atoms with Gasteiger partial charge < -0.3 is 26.0 Å². The Kier molecular flexibility index (Phi) is 7.09. The van der Waals surface area contributed by atoms with E-state index in [0.29, 0.717) is 16.5 Å². The van der Waals surface area contributed by atoms with Crippen LogP contribution in [0.5, 0.6) is 0 Å². The van der Waals surface area contributed by atoms with Gasteiger partial charge in [-0.15, -0.1) is 11.3 Å². The molecule has 0 aliphatic carbocycles. The average Bonchev–Trinajstić information content (AvgIpc) is 3.02. The van der Waals surface area contributed by atoms with Crippen LogP contribution < -0.4 is 16.4 Å². The first-order valence-electron chi connectivity index (χ1n) is 9.91. The van der Waals surface area contributed by atoms with Crippen molar-refractivity contribution in [1.29, 1.82) is 0 Å². The number of nitrogens with two attached hydrogens (primary N) is 2. The standard InChI is InChI=1S/C20H31N5O2S/c1-24(2)10-12-27-11-4-6-14-5-3-9-25(13-14)15-7-8-23-20-16(15)17(21)18(28-20)19(22)26/h7-8,14H,3-6,9-13,21H2,1-2H3,(H2,22,26). The maximum atomic E-state index is 11.7. The summed E-state index contributed by atoms with van der Waals surface area (Å²) in [5.41, 5.74) is 13.3. The molecule has 1 atom stereocenters. The zero-order chi connectivity index (χ0) is 20.1. The van der Waals surface area contributed by atoms with E-state index >= 15 is 0 Å². The summed E-state index contributed by atoms with van der Waals surface area (Å²) in [6, 6.07) is 2.00. The predicted molar refractivity (Wildman–Crippen MR) is 116 cm³/mol. The van der Waals surface area contributed by atoms with Crippen molar-refractivity contribution >= 4 is 38.8 Å². The molecule has 1 fully saturated rings. The lowest BCUT2D eigenvalue weighted by atomic mass is 9.93. The molecule has 8 heteroatoms. The number of primary amides is 1. The van der Waals surface area contributed by atoms with Gasteiger partial charge in [0.1, 0.15) is 9.71 Å². The number of pyridine rings is 1. The Bertz CT molecular complexity index is 807. The monoisotopic (exact) mass is 405 g/mol. The molecule has 0 aromatic carbocycles. The summed E-state index contributed by atoms with van der Waals surface area (Å²) in [6.07, 6.45) is 6.44. The Labute approximate surface area is 170 Å². The Morgan fingerprint density at radius 2 is 2.25 bits per heavy atom. The molecule has 2 aromatic heterocycles. The molecular formula is C20H31N5O2S. The summed E-state index contributed by atoms with van der Waals surface area (Å²) in [6.45, 7) is 4.57. The first kappa shape index (κ1) is 20.8. The summed E-state index contributed by atoms with van der Waals surface area (Å²) in [5, 5.41) is 0.869. The van der Waals surface area contributed by atoms with Crippen molar-refractivity contribution in [2.24, 2.45) is 11.7 Å². The van der Waals surface area contributed by atoms with Gasteiger partial charge in [0.05, 0.1) is 23.4 Å². The van der Waals surface area contributed by atoms with E-state index in [1.54, 1.807) is 6.20 Å². The molecule has 4 N–H and O–H groups in total. The number of hydrogen-bond donors (Lipinski definition) is 2. The number of thiophene rings is 1. The molecule has 0 saturated carbocycles. The van der Waals surface area contributed by atoms with Gasteiger partial charge in [0.25, 0.3) is 5.91 Å². The number of likely N-dealkylation sites (N-methyl/N-ethyl adjacent to an activating group) is 1. The summed E-state index contributed by atoms with van der Waals surface area (Å²) >= 11 is 1.28. The first-order valence-corrected chi connectivity index (χ1v) is 10.7. The summed E-state index contributed by atoms with van der Waals surface area (Å²) in [5.74, 6) is 0.155. The third-order valence-corrected chi connectivity index (χ3v) is 6.40. The van der Waals surface area contributed by atoms with E-state index in [1.165, 1.54) is 24.2 Å². The van der Waals surface area contributed by atoms with Gasteiger partial charge in [-0.05, 0) is 51.8 Å². The van der Waals surface area contributed by atoms with Crippen LogP contribution in [0.25, 0.3) is 10.2 Å². The van der Waals surface area contributed by atoms with Crippen LogP contribution in [-0.4, -0.2) is 62.7 Å². The second-order valence-electron chi connectivity index (χ2n) is 7.73. The number of rotatable bonds is 9. The number of ether oxygens (including phenoxy) is 1. The van der Waals surface area contributed by atoms with Crippen LogP contribution in [0.2, 0.25) is 0 Å². The van der Waals surface area contributed by atoms with E-state index in [2.05, 4.69) is 28.9 Å². The highest BCUT2D eigenvalue weighted by Crippen LogP contribution is 2.39. The van der Waals surface area contributed by atoms with Gasteiger partial charge in [0.2, 0.25) is 0 Å². The number of piperidine rings is 1.